The van der Waals surface area contributed by atoms with E-state index in [9.17, 15) is 0 Å². The first-order valence-electron chi connectivity index (χ1n) is 19.2. The van der Waals surface area contributed by atoms with Crippen molar-refractivity contribution in [1.29, 1.82) is 0 Å². The van der Waals surface area contributed by atoms with Gasteiger partial charge in [-0.1, -0.05) is 127 Å². The molecule has 6 aromatic carbocycles. The van der Waals surface area contributed by atoms with Gasteiger partial charge in [0, 0.05) is 31.4 Å². The van der Waals surface area contributed by atoms with Crippen LogP contribution < -0.4 is 0 Å². The summed E-state index contributed by atoms with van der Waals surface area (Å²) in [5, 5.41) is 4.00. The van der Waals surface area contributed by atoms with Crippen LogP contribution in [-0.4, -0.2) is 4.57 Å². The first-order valence-corrected chi connectivity index (χ1v) is 20.0. The first-order chi connectivity index (χ1) is 26.3. The molecule has 0 spiro atoms. The van der Waals surface area contributed by atoms with Crippen molar-refractivity contribution in [2.75, 3.05) is 0 Å². The zero-order chi connectivity index (χ0) is 34.9. The van der Waals surface area contributed by atoms with Gasteiger partial charge in [-0.05, 0) is 130 Å². The Labute approximate surface area is 314 Å². The number of rotatable bonds is 4. The molecule has 53 heavy (non-hydrogen) atoms. The van der Waals surface area contributed by atoms with E-state index in [1.165, 1.54) is 87.7 Å². The van der Waals surface area contributed by atoms with Crippen molar-refractivity contribution < 1.29 is 0 Å². The Balaban J connectivity index is 0.978. The van der Waals surface area contributed by atoms with Crippen LogP contribution >= 0.6 is 11.3 Å². The summed E-state index contributed by atoms with van der Waals surface area (Å²) in [6.07, 6.45) is 17.8. The zero-order valence-electron chi connectivity index (χ0n) is 29.6. The summed E-state index contributed by atoms with van der Waals surface area (Å²) in [7, 11) is 0. The maximum Gasteiger partial charge on any atom is 0.0541 e. The number of para-hydroxylation sites is 2. The van der Waals surface area contributed by atoms with Crippen molar-refractivity contribution in [1.82, 2.24) is 4.57 Å². The molecule has 0 fully saturated rings. The lowest BCUT2D eigenvalue weighted by Crippen LogP contribution is -2.13. The molecule has 254 valence electrons. The monoisotopic (exact) mass is 697 g/mol. The van der Waals surface area contributed by atoms with Crippen molar-refractivity contribution in [3.63, 3.8) is 0 Å². The number of aromatic nitrogens is 1. The fraction of sp³-hybridized carbons (Fsp3) is 0.137. The van der Waals surface area contributed by atoms with E-state index in [-0.39, 0.29) is 0 Å². The smallest absolute Gasteiger partial charge is 0.0541 e. The van der Waals surface area contributed by atoms with Crippen LogP contribution in [-0.2, 0) is 12.8 Å². The Kier molecular flexibility index (Phi) is 7.26. The third kappa shape index (κ3) is 5.04. The number of aryl methyl sites for hydroxylation is 2. The molecule has 11 rings (SSSR count). The Morgan fingerprint density at radius 3 is 2.34 bits per heavy atom. The molecule has 0 aliphatic heterocycles. The molecule has 3 aliphatic rings. The highest BCUT2D eigenvalue weighted by atomic mass is 32.1. The van der Waals surface area contributed by atoms with Gasteiger partial charge in [-0.25, -0.2) is 0 Å². The molecule has 2 heterocycles. The molecule has 1 nitrogen and oxygen atoms in total. The maximum absolute atomic E-state index is 2.62. The van der Waals surface area contributed by atoms with Gasteiger partial charge >= 0.3 is 0 Å². The van der Waals surface area contributed by atoms with Gasteiger partial charge in [-0.15, -0.1) is 11.3 Å². The number of fused-ring (bicyclic) bond motifs is 9. The fourth-order valence-electron chi connectivity index (χ4n) is 9.57. The topological polar surface area (TPSA) is 4.93 Å². The van der Waals surface area contributed by atoms with E-state index in [1.54, 1.807) is 4.88 Å². The Morgan fingerprint density at radius 2 is 1.38 bits per heavy atom. The molecule has 0 radical (unpaired) electrons. The van der Waals surface area contributed by atoms with Crippen molar-refractivity contribution >= 4 is 54.9 Å². The molecule has 2 aromatic heterocycles. The second kappa shape index (κ2) is 12.5. The van der Waals surface area contributed by atoms with E-state index in [0.29, 0.717) is 11.8 Å². The normalized spacial score (nSPS) is 17.8. The lowest BCUT2D eigenvalue weighted by Gasteiger charge is -2.27. The van der Waals surface area contributed by atoms with Crippen LogP contribution in [0.15, 0.2) is 158 Å². The Morgan fingerprint density at radius 1 is 0.585 bits per heavy atom. The van der Waals surface area contributed by atoms with Crippen LogP contribution in [0.3, 0.4) is 0 Å². The maximum atomic E-state index is 2.62. The zero-order valence-corrected chi connectivity index (χ0v) is 30.5. The van der Waals surface area contributed by atoms with E-state index in [1.807, 2.05) is 11.3 Å². The highest BCUT2D eigenvalue weighted by Gasteiger charge is 2.29. The third-order valence-electron chi connectivity index (χ3n) is 12.1. The third-order valence-corrected chi connectivity index (χ3v) is 13.4. The molecule has 2 unspecified atom stereocenters. The van der Waals surface area contributed by atoms with Gasteiger partial charge in [0.25, 0.3) is 0 Å². The molecule has 2 heteroatoms. The van der Waals surface area contributed by atoms with Gasteiger partial charge < -0.3 is 4.57 Å². The molecular formula is C51H39NS. The number of benzene rings is 6. The second-order valence-corrected chi connectivity index (χ2v) is 16.1. The summed E-state index contributed by atoms with van der Waals surface area (Å²) in [5.41, 5.74) is 16.2. The largest absolute Gasteiger partial charge is 0.309 e. The summed E-state index contributed by atoms with van der Waals surface area (Å²) in [4.78, 5) is 1.54. The molecule has 0 bridgehead atoms. The van der Waals surface area contributed by atoms with Crippen molar-refractivity contribution in [2.45, 2.75) is 38.0 Å². The van der Waals surface area contributed by atoms with Crippen LogP contribution in [0.5, 0.6) is 0 Å². The van der Waals surface area contributed by atoms with Crippen LogP contribution in [0.4, 0.5) is 0 Å². The average Bonchev–Trinajstić information content (AvgIpc) is 3.72. The minimum Gasteiger partial charge on any atom is -0.309 e. The minimum atomic E-state index is 0.457. The Bertz CT molecular complexity index is 2820. The number of nitrogens with zero attached hydrogens (tertiary/aromatic N) is 1. The number of allylic oxidation sites excluding steroid dienone is 5. The van der Waals surface area contributed by atoms with Crippen LogP contribution in [0.25, 0.3) is 71.5 Å². The molecule has 0 amide bonds. The molecule has 3 aliphatic carbocycles. The van der Waals surface area contributed by atoms with Gasteiger partial charge in [-0.2, -0.15) is 0 Å². The van der Waals surface area contributed by atoms with Gasteiger partial charge in [0.05, 0.1) is 11.0 Å². The predicted octanol–water partition coefficient (Wildman–Crippen LogP) is 14.0. The van der Waals surface area contributed by atoms with Crippen molar-refractivity contribution in [3.05, 3.63) is 185 Å². The molecule has 8 aromatic rings. The van der Waals surface area contributed by atoms with E-state index in [2.05, 4.69) is 168 Å². The first kappa shape index (κ1) is 30.9. The van der Waals surface area contributed by atoms with Gasteiger partial charge in [0.1, 0.15) is 0 Å². The summed E-state index contributed by atoms with van der Waals surface area (Å²) >= 11 is 2.01. The van der Waals surface area contributed by atoms with E-state index < -0.39 is 0 Å². The summed E-state index contributed by atoms with van der Waals surface area (Å²) < 4.78 is 3.85. The lowest BCUT2D eigenvalue weighted by molar-refractivity contribution is 0.482. The van der Waals surface area contributed by atoms with Crippen molar-refractivity contribution in [2.24, 2.45) is 5.92 Å². The predicted molar refractivity (Wildman–Crippen MR) is 227 cm³/mol. The lowest BCUT2D eigenvalue weighted by atomic mass is 9.77. The second-order valence-electron chi connectivity index (χ2n) is 15.0. The number of hydrogen-bond acceptors (Lipinski definition) is 1. The minimum absolute atomic E-state index is 0.457. The molecule has 2 atom stereocenters. The highest BCUT2D eigenvalue weighted by molar-refractivity contribution is 7.19. The summed E-state index contributed by atoms with van der Waals surface area (Å²) in [6.45, 7) is 0. The Hall–Kier alpha value is -5.70. The fourth-order valence-corrected chi connectivity index (χ4v) is 10.9. The molecule has 0 N–H and O–H groups in total. The van der Waals surface area contributed by atoms with Gasteiger partial charge in [0.2, 0.25) is 0 Å². The quantitative estimate of drug-likeness (QED) is 0.173. The van der Waals surface area contributed by atoms with Gasteiger partial charge in [0.15, 0.2) is 0 Å². The summed E-state index contributed by atoms with van der Waals surface area (Å²) in [5.74, 6) is 0.917. The molecule has 0 saturated carbocycles. The van der Waals surface area contributed by atoms with Crippen LogP contribution in [0, 0.1) is 5.92 Å². The van der Waals surface area contributed by atoms with Crippen LogP contribution in [0.2, 0.25) is 0 Å². The molecule has 0 saturated heterocycles. The van der Waals surface area contributed by atoms with E-state index >= 15 is 0 Å². The number of thiophene rings is 1. The SMILES string of the molecule is C1=Cc2c(sc3c(C4=CC(C5CCc6ccc(-c7ccc8c(c7)c7ccccc7n8-c7ccccc7)cc6-c6ccccc65)CC=C4)cccc23)CC1. The average molecular weight is 698 g/mol. The summed E-state index contributed by atoms with van der Waals surface area (Å²) in [6, 6.07) is 50.0. The van der Waals surface area contributed by atoms with E-state index in [0.717, 1.165) is 32.1 Å². The van der Waals surface area contributed by atoms with E-state index in [4.69, 9.17) is 0 Å². The number of hydrogen-bond donors (Lipinski definition) is 0. The van der Waals surface area contributed by atoms with Gasteiger partial charge in [-0.3, -0.25) is 0 Å². The van der Waals surface area contributed by atoms with Crippen LogP contribution in [0.1, 0.15) is 52.3 Å². The van der Waals surface area contributed by atoms with Crippen molar-refractivity contribution in [3.8, 4) is 27.9 Å². The molecular weight excluding hydrogens is 659 g/mol. The standard InChI is InChI=1S/C51H39NS/c1-2-14-38(15-3-1)52-48-22-8-6-18-43(48)47-32-35(27-29-49(47)52)34-25-24-33-26-28-39(41-16-4-5-17-42(41)46(33)31-34)36-12-10-13-37(30-36)40-20-11-21-45-44-19-7-9-23-50(44)53-51(40)45/h1-8,10-11,13-22,24-25,27,29-32,36,39H,9,12,23,26,28H2. The highest BCUT2D eigenvalue weighted by Crippen LogP contribution is 2.47.